The summed E-state index contributed by atoms with van der Waals surface area (Å²) in [5.74, 6) is 1.03. The molecule has 0 amide bonds. The Labute approximate surface area is 226 Å². The van der Waals surface area contributed by atoms with Crippen LogP contribution in [0.1, 0.15) is 48.9 Å². The van der Waals surface area contributed by atoms with Gasteiger partial charge in [-0.2, -0.15) is 17.9 Å². The smallest absolute Gasteiger partial charge is 0.152 e. The van der Waals surface area contributed by atoms with E-state index in [0.717, 1.165) is 60.0 Å². The molecule has 1 saturated carbocycles. The van der Waals surface area contributed by atoms with Gasteiger partial charge in [-0.05, 0) is 59.4 Å². The van der Waals surface area contributed by atoms with E-state index in [-0.39, 0.29) is 5.92 Å². The molecule has 1 atom stereocenters. The van der Waals surface area contributed by atoms with Crippen LogP contribution in [0.4, 0.5) is 5.82 Å². The molecule has 3 aromatic rings. The summed E-state index contributed by atoms with van der Waals surface area (Å²) in [4.78, 5) is 11.7. The summed E-state index contributed by atoms with van der Waals surface area (Å²) in [6.45, 7) is 0.536. The molecule has 0 aliphatic heterocycles. The van der Waals surface area contributed by atoms with Crippen LogP contribution in [0.3, 0.4) is 0 Å². The number of anilines is 1. The van der Waals surface area contributed by atoms with Crippen molar-refractivity contribution < 1.29 is 9.90 Å². The van der Waals surface area contributed by atoms with Gasteiger partial charge in [0, 0.05) is 27.1 Å². The molecule has 4 N–H and O–H groups in total. The SMILES string of the molecule is CNc1ccc(C#N)n1C.CS.NCc1ccc(-c2cccc(CC(O)(C=O)C3CCCCC3)c2)cc1. The Morgan fingerprint density at radius 1 is 1.08 bits per heavy atom. The Morgan fingerprint density at radius 3 is 2.27 bits per heavy atom. The van der Waals surface area contributed by atoms with Crippen LogP contribution in [-0.2, 0) is 24.8 Å². The van der Waals surface area contributed by atoms with E-state index >= 15 is 0 Å². The fourth-order valence-corrected chi connectivity index (χ4v) is 4.78. The van der Waals surface area contributed by atoms with E-state index in [1.165, 1.54) is 6.42 Å². The number of aliphatic hydroxyl groups is 1. The van der Waals surface area contributed by atoms with E-state index in [2.05, 4.69) is 48.3 Å². The van der Waals surface area contributed by atoms with Crippen molar-refractivity contribution in [3.8, 4) is 17.2 Å². The van der Waals surface area contributed by atoms with Crippen molar-refractivity contribution >= 4 is 24.7 Å². The van der Waals surface area contributed by atoms with Crippen molar-refractivity contribution in [2.45, 2.75) is 50.7 Å². The van der Waals surface area contributed by atoms with Gasteiger partial charge >= 0.3 is 0 Å². The maximum absolute atomic E-state index is 11.7. The molecular weight excluding hydrogens is 480 g/mol. The molecule has 1 heterocycles. The van der Waals surface area contributed by atoms with E-state index in [1.807, 2.05) is 44.4 Å². The van der Waals surface area contributed by atoms with Gasteiger partial charge in [-0.1, -0.05) is 67.8 Å². The van der Waals surface area contributed by atoms with Gasteiger partial charge in [-0.3, -0.25) is 0 Å². The normalized spacial score (nSPS) is 14.6. The molecular formula is C30H40N4O2S. The minimum Gasteiger partial charge on any atom is -0.382 e. The van der Waals surface area contributed by atoms with Gasteiger partial charge in [0.2, 0.25) is 0 Å². The lowest BCUT2D eigenvalue weighted by Crippen LogP contribution is -2.42. The first-order chi connectivity index (χ1) is 17.9. The van der Waals surface area contributed by atoms with Crippen molar-refractivity contribution in [3.05, 3.63) is 77.5 Å². The Hall–Kier alpha value is -3.05. The van der Waals surface area contributed by atoms with Crippen LogP contribution in [0.15, 0.2) is 60.7 Å². The third-order valence-corrected chi connectivity index (χ3v) is 6.95. The molecule has 2 aromatic carbocycles. The Morgan fingerprint density at radius 2 is 1.76 bits per heavy atom. The molecule has 1 fully saturated rings. The molecule has 198 valence electrons. The summed E-state index contributed by atoms with van der Waals surface area (Å²) in [5, 5.41) is 22.4. The zero-order valence-corrected chi connectivity index (χ0v) is 23.0. The molecule has 4 rings (SSSR count). The minimum absolute atomic E-state index is 0.0752. The second-order valence-corrected chi connectivity index (χ2v) is 9.25. The number of rotatable bonds is 7. The van der Waals surface area contributed by atoms with Gasteiger partial charge in [0.15, 0.2) is 6.29 Å². The molecule has 1 aliphatic carbocycles. The van der Waals surface area contributed by atoms with Crippen molar-refractivity contribution in [3.63, 3.8) is 0 Å². The number of aldehydes is 1. The highest BCUT2D eigenvalue weighted by Crippen LogP contribution is 2.34. The second kappa shape index (κ2) is 15.3. The number of carbonyl (C=O) groups is 1. The summed E-state index contributed by atoms with van der Waals surface area (Å²) >= 11 is 3.53. The highest BCUT2D eigenvalue weighted by Gasteiger charge is 2.37. The second-order valence-electron chi connectivity index (χ2n) is 9.25. The molecule has 6 nitrogen and oxygen atoms in total. The highest BCUT2D eigenvalue weighted by molar-refractivity contribution is 7.79. The van der Waals surface area contributed by atoms with Crippen LogP contribution >= 0.6 is 12.6 Å². The van der Waals surface area contributed by atoms with Crippen molar-refractivity contribution in [2.75, 3.05) is 18.6 Å². The lowest BCUT2D eigenvalue weighted by molar-refractivity contribution is -0.131. The number of nitrogens with one attached hydrogen (secondary N) is 1. The van der Waals surface area contributed by atoms with Crippen LogP contribution in [0.2, 0.25) is 0 Å². The van der Waals surface area contributed by atoms with E-state index in [0.29, 0.717) is 18.7 Å². The summed E-state index contributed by atoms with van der Waals surface area (Å²) in [5.41, 5.74) is 9.40. The van der Waals surface area contributed by atoms with Crippen molar-refractivity contribution in [1.82, 2.24) is 4.57 Å². The summed E-state index contributed by atoms with van der Waals surface area (Å²) < 4.78 is 1.81. The third-order valence-electron chi connectivity index (χ3n) is 6.95. The Balaban J connectivity index is 0.000000336. The minimum atomic E-state index is -1.25. The molecule has 0 radical (unpaired) electrons. The topological polar surface area (TPSA) is 104 Å². The van der Waals surface area contributed by atoms with Crippen LogP contribution < -0.4 is 11.1 Å². The van der Waals surface area contributed by atoms with E-state index < -0.39 is 5.60 Å². The van der Waals surface area contributed by atoms with Crippen molar-refractivity contribution in [2.24, 2.45) is 18.7 Å². The van der Waals surface area contributed by atoms with Gasteiger partial charge in [0.25, 0.3) is 0 Å². The molecule has 1 aliphatic rings. The fraction of sp³-hybridized carbons (Fsp3) is 0.400. The average Bonchev–Trinajstić information content (AvgIpc) is 3.34. The number of carbonyl (C=O) groups excluding carboxylic acids is 1. The lowest BCUT2D eigenvalue weighted by atomic mass is 9.74. The maximum Gasteiger partial charge on any atom is 0.152 e. The molecule has 0 bridgehead atoms. The van der Waals surface area contributed by atoms with Crippen LogP contribution in [0.25, 0.3) is 11.1 Å². The van der Waals surface area contributed by atoms with E-state index in [1.54, 1.807) is 16.9 Å². The number of thiol groups is 1. The fourth-order valence-electron chi connectivity index (χ4n) is 4.78. The Bertz CT molecular complexity index is 1150. The first-order valence-corrected chi connectivity index (χ1v) is 13.6. The maximum atomic E-state index is 11.7. The lowest BCUT2D eigenvalue weighted by Gasteiger charge is -2.34. The van der Waals surface area contributed by atoms with Gasteiger partial charge in [-0.15, -0.1) is 0 Å². The molecule has 1 aromatic heterocycles. The summed E-state index contributed by atoms with van der Waals surface area (Å²) in [7, 11) is 3.68. The van der Waals surface area contributed by atoms with Gasteiger partial charge < -0.3 is 25.5 Å². The zero-order valence-electron chi connectivity index (χ0n) is 22.2. The van der Waals surface area contributed by atoms with E-state index in [4.69, 9.17) is 11.0 Å². The number of nitrogens with two attached hydrogens (primary N) is 1. The van der Waals surface area contributed by atoms with Gasteiger partial charge in [0.1, 0.15) is 23.2 Å². The molecule has 1 unspecified atom stereocenters. The monoisotopic (exact) mass is 520 g/mol. The summed E-state index contributed by atoms with van der Waals surface area (Å²) in [6, 6.07) is 22.0. The zero-order chi connectivity index (χ0) is 27.3. The Kier molecular flexibility index (Phi) is 12.4. The standard InChI is InChI=1S/C22H27NO2.C7H9N3.CH4S/c23-15-17-9-11-19(12-10-17)20-6-4-5-18(13-20)14-22(25,16-24)21-7-2-1-3-8-21;1-9-7-4-3-6(5-8)10(7)2;1-2/h4-6,9-13,16,21,25H,1-3,7-8,14-15,23H2;3-4,9H,1-2H3;2H,1H3. The molecule has 7 heteroatoms. The van der Waals surface area contributed by atoms with E-state index in [9.17, 15) is 9.90 Å². The van der Waals surface area contributed by atoms with Gasteiger partial charge in [-0.25, -0.2) is 0 Å². The third kappa shape index (κ3) is 8.22. The van der Waals surface area contributed by atoms with Crippen molar-refractivity contribution in [1.29, 1.82) is 5.26 Å². The number of hydrogen-bond donors (Lipinski definition) is 4. The number of aromatic nitrogens is 1. The summed E-state index contributed by atoms with van der Waals surface area (Å²) in [6.07, 6.45) is 8.15. The molecule has 0 saturated heterocycles. The quantitative estimate of drug-likeness (QED) is 0.248. The van der Waals surface area contributed by atoms with Crippen LogP contribution in [0, 0.1) is 17.2 Å². The number of benzene rings is 2. The number of nitriles is 1. The largest absolute Gasteiger partial charge is 0.382 e. The van der Waals surface area contributed by atoms with Crippen LogP contribution in [-0.4, -0.2) is 34.9 Å². The number of hydrogen-bond acceptors (Lipinski definition) is 6. The average molecular weight is 521 g/mol. The predicted molar refractivity (Wildman–Crippen MR) is 156 cm³/mol. The highest BCUT2D eigenvalue weighted by atomic mass is 32.1. The van der Waals surface area contributed by atoms with Gasteiger partial charge in [0.05, 0.1) is 0 Å². The molecule has 0 spiro atoms. The van der Waals surface area contributed by atoms with Crippen LogP contribution in [0.5, 0.6) is 0 Å². The first kappa shape index (κ1) is 30.2. The first-order valence-electron chi connectivity index (χ1n) is 12.7. The predicted octanol–water partition coefficient (Wildman–Crippen LogP) is 5.35. The number of nitrogens with zero attached hydrogens (tertiary/aromatic N) is 2. The molecule has 37 heavy (non-hydrogen) atoms.